The van der Waals surface area contributed by atoms with E-state index >= 15 is 0 Å². The van der Waals surface area contributed by atoms with E-state index in [2.05, 4.69) is 27.3 Å². The van der Waals surface area contributed by atoms with Crippen LogP contribution in [-0.4, -0.2) is 26.8 Å². The number of rotatable bonds is 4. The fourth-order valence-corrected chi connectivity index (χ4v) is 2.77. The van der Waals surface area contributed by atoms with Crippen molar-refractivity contribution in [2.45, 2.75) is 18.3 Å². The van der Waals surface area contributed by atoms with Gasteiger partial charge in [-0.1, -0.05) is 17.3 Å². The molecule has 1 aliphatic carbocycles. The van der Waals surface area contributed by atoms with Crippen molar-refractivity contribution in [1.29, 1.82) is 0 Å². The van der Waals surface area contributed by atoms with Crippen LogP contribution in [0, 0.1) is 0 Å². The molecular weight excluding hydrogens is 280 g/mol. The van der Waals surface area contributed by atoms with E-state index in [0.29, 0.717) is 23.6 Å². The summed E-state index contributed by atoms with van der Waals surface area (Å²) in [6, 6.07) is 8.15. The average molecular weight is 296 g/mol. The fourth-order valence-electron chi connectivity index (χ4n) is 2.77. The molecule has 1 aliphatic rings. The van der Waals surface area contributed by atoms with E-state index in [9.17, 15) is 0 Å². The molecule has 2 aromatic heterocycles. The summed E-state index contributed by atoms with van der Waals surface area (Å²) >= 11 is 0. The normalized spacial score (nSPS) is 20.1. The Labute approximate surface area is 127 Å². The highest BCUT2D eigenvalue weighted by molar-refractivity contribution is 5.47. The van der Waals surface area contributed by atoms with Gasteiger partial charge < -0.3 is 13.8 Å². The number of methoxy groups -OCH3 is 1. The molecule has 22 heavy (non-hydrogen) atoms. The van der Waals surface area contributed by atoms with Gasteiger partial charge in [-0.3, -0.25) is 0 Å². The van der Waals surface area contributed by atoms with Crippen LogP contribution in [0.5, 0.6) is 5.75 Å². The Hall–Kier alpha value is -2.63. The average Bonchev–Trinajstić information content (AvgIpc) is 2.99. The summed E-state index contributed by atoms with van der Waals surface area (Å²) in [5, 5.41) is 4.07. The first-order valence-corrected chi connectivity index (χ1v) is 7.20. The Morgan fingerprint density at radius 2 is 2.23 bits per heavy atom. The number of hydrogen-bond acceptors (Lipinski definition) is 5. The van der Waals surface area contributed by atoms with Crippen molar-refractivity contribution in [1.82, 2.24) is 19.7 Å². The first kappa shape index (κ1) is 13.1. The third-order valence-electron chi connectivity index (χ3n) is 4.12. The van der Waals surface area contributed by atoms with Gasteiger partial charge in [-0.05, 0) is 30.0 Å². The smallest absolute Gasteiger partial charge is 0.230 e. The molecule has 3 aromatic rings. The molecular formula is C16H16N4O2. The molecule has 0 aliphatic heterocycles. The van der Waals surface area contributed by atoms with Crippen LogP contribution < -0.4 is 4.74 Å². The van der Waals surface area contributed by atoms with Crippen LogP contribution in [0.2, 0.25) is 0 Å². The van der Waals surface area contributed by atoms with Crippen molar-refractivity contribution in [2.24, 2.45) is 7.05 Å². The first-order chi connectivity index (χ1) is 10.8. The Bertz CT molecular complexity index is 808. The fraction of sp³-hybridized carbons (Fsp3) is 0.312. The van der Waals surface area contributed by atoms with Crippen molar-refractivity contribution in [3.63, 3.8) is 0 Å². The first-order valence-electron chi connectivity index (χ1n) is 7.20. The van der Waals surface area contributed by atoms with Crippen LogP contribution in [0.25, 0.3) is 11.5 Å². The van der Waals surface area contributed by atoms with Gasteiger partial charge in [0.15, 0.2) is 0 Å². The molecule has 2 atom stereocenters. The molecule has 2 heterocycles. The summed E-state index contributed by atoms with van der Waals surface area (Å²) in [5.41, 5.74) is 2.11. The SMILES string of the molecule is COc1cccc([C@@H]2C[C@H]2c2nc(-c3cncn3C)no2)c1. The third kappa shape index (κ3) is 2.16. The molecule has 0 bridgehead atoms. The molecule has 0 unspecified atom stereocenters. The minimum absolute atomic E-state index is 0.293. The van der Waals surface area contributed by atoms with Gasteiger partial charge in [0.2, 0.25) is 11.7 Å². The van der Waals surface area contributed by atoms with Gasteiger partial charge in [0.25, 0.3) is 0 Å². The third-order valence-corrected chi connectivity index (χ3v) is 4.12. The molecule has 112 valence electrons. The van der Waals surface area contributed by atoms with Crippen LogP contribution in [0.1, 0.15) is 29.7 Å². The molecule has 0 saturated heterocycles. The van der Waals surface area contributed by atoms with Gasteiger partial charge in [0.1, 0.15) is 11.4 Å². The summed E-state index contributed by atoms with van der Waals surface area (Å²) in [5.74, 6) is 2.89. The number of nitrogens with zero attached hydrogens (tertiary/aromatic N) is 4. The van der Waals surface area contributed by atoms with Gasteiger partial charge in [-0.25, -0.2) is 4.98 Å². The molecule has 1 saturated carbocycles. The Balaban J connectivity index is 1.55. The molecule has 0 amide bonds. The number of ether oxygens (including phenoxy) is 1. The van der Waals surface area contributed by atoms with E-state index in [-0.39, 0.29) is 0 Å². The van der Waals surface area contributed by atoms with Crippen molar-refractivity contribution < 1.29 is 9.26 Å². The zero-order valence-electron chi connectivity index (χ0n) is 12.4. The van der Waals surface area contributed by atoms with Gasteiger partial charge in [-0.15, -0.1) is 0 Å². The minimum Gasteiger partial charge on any atom is -0.497 e. The second kappa shape index (κ2) is 4.98. The van der Waals surface area contributed by atoms with Crippen LogP contribution in [0.3, 0.4) is 0 Å². The standard InChI is InChI=1S/C16H16N4O2/c1-20-9-17-8-14(20)15-18-16(22-19-15)13-7-12(13)10-4-3-5-11(6-10)21-2/h3-6,8-9,12-13H,7H2,1-2H3/t12-,13+/m0/s1. The van der Waals surface area contributed by atoms with Gasteiger partial charge in [0, 0.05) is 13.0 Å². The number of imidazole rings is 1. The highest BCUT2D eigenvalue weighted by Gasteiger charge is 2.44. The molecule has 1 aromatic carbocycles. The Kier molecular flexibility index (Phi) is 2.96. The Morgan fingerprint density at radius 3 is 3.00 bits per heavy atom. The predicted molar refractivity (Wildman–Crippen MR) is 79.6 cm³/mol. The maximum Gasteiger partial charge on any atom is 0.230 e. The zero-order valence-corrected chi connectivity index (χ0v) is 12.4. The number of hydrogen-bond donors (Lipinski definition) is 0. The lowest BCUT2D eigenvalue weighted by molar-refractivity contribution is 0.378. The topological polar surface area (TPSA) is 66.0 Å². The van der Waals surface area contributed by atoms with Crippen LogP contribution in [0.4, 0.5) is 0 Å². The summed E-state index contributed by atoms with van der Waals surface area (Å²) in [6.45, 7) is 0. The van der Waals surface area contributed by atoms with E-state index < -0.39 is 0 Å². The summed E-state index contributed by atoms with van der Waals surface area (Å²) < 4.78 is 12.6. The maximum atomic E-state index is 5.44. The van der Waals surface area contributed by atoms with Gasteiger partial charge in [0.05, 0.1) is 19.6 Å². The van der Waals surface area contributed by atoms with E-state index in [4.69, 9.17) is 9.26 Å². The largest absolute Gasteiger partial charge is 0.497 e. The minimum atomic E-state index is 0.293. The van der Waals surface area contributed by atoms with E-state index in [1.165, 1.54) is 5.56 Å². The number of aromatic nitrogens is 4. The van der Waals surface area contributed by atoms with Crippen LogP contribution in [0.15, 0.2) is 41.3 Å². The van der Waals surface area contributed by atoms with Gasteiger partial charge >= 0.3 is 0 Å². The molecule has 0 radical (unpaired) electrons. The predicted octanol–water partition coefficient (Wildman–Crippen LogP) is 2.75. The van der Waals surface area contributed by atoms with Crippen LogP contribution in [-0.2, 0) is 7.05 Å². The van der Waals surface area contributed by atoms with Crippen molar-refractivity contribution in [3.8, 4) is 17.3 Å². The second-order valence-corrected chi connectivity index (χ2v) is 5.57. The van der Waals surface area contributed by atoms with Crippen molar-refractivity contribution in [3.05, 3.63) is 48.2 Å². The lowest BCUT2D eigenvalue weighted by Gasteiger charge is -2.02. The summed E-state index contributed by atoms with van der Waals surface area (Å²) in [6.07, 6.45) is 4.49. The quantitative estimate of drug-likeness (QED) is 0.740. The Morgan fingerprint density at radius 1 is 1.32 bits per heavy atom. The highest BCUT2D eigenvalue weighted by Crippen LogP contribution is 2.54. The monoisotopic (exact) mass is 296 g/mol. The summed E-state index contributed by atoms with van der Waals surface area (Å²) in [7, 11) is 3.59. The van der Waals surface area contributed by atoms with Crippen LogP contribution >= 0.6 is 0 Å². The van der Waals surface area contributed by atoms with Gasteiger partial charge in [-0.2, -0.15) is 4.98 Å². The lowest BCUT2D eigenvalue weighted by Crippen LogP contribution is -1.91. The summed E-state index contributed by atoms with van der Waals surface area (Å²) in [4.78, 5) is 8.60. The molecule has 0 spiro atoms. The van der Waals surface area contributed by atoms with Crippen molar-refractivity contribution >= 4 is 0 Å². The zero-order chi connectivity index (χ0) is 15.1. The highest BCUT2D eigenvalue weighted by atomic mass is 16.5. The number of aryl methyl sites for hydroxylation is 1. The van der Waals surface area contributed by atoms with Crippen molar-refractivity contribution in [2.75, 3.05) is 7.11 Å². The molecule has 4 rings (SSSR count). The lowest BCUT2D eigenvalue weighted by atomic mass is 10.1. The molecule has 6 heteroatoms. The number of benzene rings is 1. The van der Waals surface area contributed by atoms with E-state index in [1.54, 1.807) is 19.6 Å². The second-order valence-electron chi connectivity index (χ2n) is 5.57. The van der Waals surface area contributed by atoms with E-state index in [1.807, 2.05) is 23.7 Å². The maximum absolute atomic E-state index is 5.44. The van der Waals surface area contributed by atoms with E-state index in [0.717, 1.165) is 17.9 Å². The molecule has 1 fully saturated rings. The molecule has 6 nitrogen and oxygen atoms in total. The molecule has 0 N–H and O–H groups in total.